The highest BCUT2D eigenvalue weighted by Gasteiger charge is 2.30. The molecule has 0 bridgehead atoms. The Morgan fingerprint density at radius 1 is 0.623 bits per heavy atom. The van der Waals surface area contributed by atoms with E-state index in [1.54, 1.807) is 59.5 Å². The van der Waals surface area contributed by atoms with Gasteiger partial charge in [-0.05, 0) is 157 Å². The molecule has 69 heavy (non-hydrogen) atoms. The van der Waals surface area contributed by atoms with Crippen LogP contribution >= 0.6 is 0 Å². The minimum Gasteiger partial charge on any atom is -0.489 e. The molecule has 2 unspecified atom stereocenters. The molecular formula is C53H62N8O8. The lowest BCUT2D eigenvalue weighted by atomic mass is 9.87. The molecule has 8 rings (SSSR count). The number of carbonyl (C=O) groups is 4. The van der Waals surface area contributed by atoms with Crippen molar-refractivity contribution in [3.8, 4) is 11.5 Å². The smallest absolute Gasteiger partial charge is 0.251 e. The van der Waals surface area contributed by atoms with E-state index in [1.807, 2.05) is 74.5 Å². The predicted octanol–water partition coefficient (Wildman–Crippen LogP) is 6.57. The van der Waals surface area contributed by atoms with Crippen LogP contribution in [0.15, 0.2) is 109 Å². The van der Waals surface area contributed by atoms with Crippen molar-refractivity contribution < 1.29 is 39.1 Å². The molecule has 4 amide bonds. The summed E-state index contributed by atoms with van der Waals surface area (Å²) in [6, 6.07) is 33.3. The van der Waals surface area contributed by atoms with Gasteiger partial charge in [0.2, 0.25) is 11.8 Å². The van der Waals surface area contributed by atoms with E-state index in [1.165, 1.54) is 0 Å². The molecule has 4 aromatic carbocycles. The Kier molecular flexibility index (Phi) is 17.6. The van der Waals surface area contributed by atoms with Crippen LogP contribution in [0, 0.1) is 25.7 Å². The summed E-state index contributed by atoms with van der Waals surface area (Å²) < 4.78 is 12.0. The number of benzene rings is 4. The number of carbonyl (C=O) groups excluding carboxylic acids is 4. The first-order valence-corrected chi connectivity index (χ1v) is 23.5. The average molecular weight is 939 g/mol. The number of aromatic nitrogens is 2. The SMILES string of the molecule is Cc1cc(COc2ccc(C(=O)NC(CC(=O)NO)C3CCN(C)CC3)cc2)c2ccccc2n1.Cc1cc(COc2ccc(C(=O)NC(CC(=O)NO)C3CCNCC3)cc2)c2ccccc2n1. The molecule has 16 nitrogen and oxygen atoms in total. The second kappa shape index (κ2) is 24.3. The molecule has 2 aliphatic heterocycles. The summed E-state index contributed by atoms with van der Waals surface area (Å²) in [6.07, 6.45) is 3.57. The number of amides is 4. The van der Waals surface area contributed by atoms with Gasteiger partial charge in [0.1, 0.15) is 24.7 Å². The number of hydroxylamine groups is 2. The largest absolute Gasteiger partial charge is 0.489 e. The molecule has 4 heterocycles. The lowest BCUT2D eigenvalue weighted by Gasteiger charge is -2.34. The van der Waals surface area contributed by atoms with E-state index in [2.05, 4.69) is 37.9 Å². The molecule has 2 atom stereocenters. The minimum absolute atomic E-state index is 0.0351. The molecule has 2 aromatic heterocycles. The van der Waals surface area contributed by atoms with Crippen molar-refractivity contribution in [1.82, 2.24) is 41.8 Å². The number of rotatable bonds is 16. The van der Waals surface area contributed by atoms with Gasteiger partial charge in [-0.3, -0.25) is 39.6 Å². The van der Waals surface area contributed by atoms with Crippen molar-refractivity contribution >= 4 is 45.4 Å². The summed E-state index contributed by atoms with van der Waals surface area (Å²) in [7, 11) is 2.06. The van der Waals surface area contributed by atoms with Crippen molar-refractivity contribution in [3.63, 3.8) is 0 Å². The van der Waals surface area contributed by atoms with Crippen LogP contribution in [0.1, 0.15) is 81.8 Å². The Balaban J connectivity index is 0.000000204. The van der Waals surface area contributed by atoms with Crippen LogP contribution in [-0.4, -0.2) is 94.2 Å². The van der Waals surface area contributed by atoms with Gasteiger partial charge in [0, 0.05) is 69.3 Å². The number of nitrogens with zero attached hydrogens (tertiary/aromatic N) is 3. The zero-order valence-corrected chi connectivity index (χ0v) is 39.4. The predicted molar refractivity (Wildman–Crippen MR) is 262 cm³/mol. The van der Waals surface area contributed by atoms with E-state index in [0.29, 0.717) is 35.8 Å². The van der Waals surface area contributed by atoms with Crippen molar-refractivity contribution in [1.29, 1.82) is 0 Å². The summed E-state index contributed by atoms with van der Waals surface area (Å²) in [5.41, 5.74) is 10.2. The van der Waals surface area contributed by atoms with Crippen molar-refractivity contribution in [3.05, 3.63) is 143 Å². The topological polar surface area (TPSA) is 216 Å². The van der Waals surface area contributed by atoms with Gasteiger partial charge in [-0.25, -0.2) is 11.0 Å². The molecule has 2 aliphatic rings. The van der Waals surface area contributed by atoms with Crippen molar-refractivity contribution in [2.45, 2.75) is 77.7 Å². The third-order valence-corrected chi connectivity index (χ3v) is 12.9. The Bertz CT molecular complexity index is 2690. The van der Waals surface area contributed by atoms with Crippen LogP contribution in [0.25, 0.3) is 21.8 Å². The fraction of sp³-hybridized carbons (Fsp3) is 0.358. The Morgan fingerprint density at radius 2 is 1.03 bits per heavy atom. The molecule has 0 aliphatic carbocycles. The third kappa shape index (κ3) is 14.0. The lowest BCUT2D eigenvalue weighted by molar-refractivity contribution is -0.130. The molecular weight excluding hydrogens is 877 g/mol. The molecule has 7 N–H and O–H groups in total. The quantitative estimate of drug-likeness (QED) is 0.0405. The number of aryl methyl sites for hydroxylation is 2. The molecule has 0 spiro atoms. The number of para-hydroxylation sites is 2. The van der Waals surface area contributed by atoms with Gasteiger partial charge in [-0.15, -0.1) is 0 Å². The van der Waals surface area contributed by atoms with E-state index in [0.717, 1.165) is 96.2 Å². The van der Waals surface area contributed by atoms with Crippen molar-refractivity contribution in [2.75, 3.05) is 33.2 Å². The van der Waals surface area contributed by atoms with Crippen molar-refractivity contribution in [2.24, 2.45) is 11.8 Å². The summed E-state index contributed by atoms with van der Waals surface area (Å²) in [5.74, 6) is 0.149. The second-order valence-corrected chi connectivity index (χ2v) is 17.9. The van der Waals surface area contributed by atoms with E-state index in [4.69, 9.17) is 19.9 Å². The van der Waals surface area contributed by atoms with Gasteiger partial charge in [0.15, 0.2) is 0 Å². The maximum absolute atomic E-state index is 12.9. The highest BCUT2D eigenvalue weighted by atomic mass is 16.5. The van der Waals surface area contributed by atoms with Gasteiger partial charge >= 0.3 is 0 Å². The summed E-state index contributed by atoms with van der Waals surface area (Å²) in [6.45, 7) is 8.22. The van der Waals surface area contributed by atoms with Crippen LogP contribution in [-0.2, 0) is 22.8 Å². The number of ether oxygens (including phenoxy) is 2. The Morgan fingerprint density at radius 3 is 1.45 bits per heavy atom. The monoisotopic (exact) mass is 938 g/mol. The fourth-order valence-electron chi connectivity index (χ4n) is 9.10. The third-order valence-electron chi connectivity index (χ3n) is 12.9. The zero-order chi connectivity index (χ0) is 48.7. The van der Waals surface area contributed by atoms with E-state index >= 15 is 0 Å². The first kappa shape index (κ1) is 49.9. The summed E-state index contributed by atoms with van der Waals surface area (Å²) in [5, 5.41) is 29.3. The minimum atomic E-state index is -0.508. The number of pyridine rings is 2. The van der Waals surface area contributed by atoms with Crippen LogP contribution in [0.4, 0.5) is 0 Å². The van der Waals surface area contributed by atoms with E-state index < -0.39 is 11.8 Å². The molecule has 0 saturated carbocycles. The van der Waals surface area contributed by atoms with Gasteiger partial charge in [-0.2, -0.15) is 0 Å². The fourth-order valence-corrected chi connectivity index (χ4v) is 9.10. The van der Waals surface area contributed by atoms with Gasteiger partial charge < -0.3 is 30.3 Å². The second-order valence-electron chi connectivity index (χ2n) is 17.9. The van der Waals surface area contributed by atoms with Crippen LogP contribution < -0.4 is 36.4 Å². The number of piperidine rings is 2. The number of hydrogen-bond acceptors (Lipinski definition) is 12. The number of fused-ring (bicyclic) bond motifs is 2. The summed E-state index contributed by atoms with van der Waals surface area (Å²) in [4.78, 5) is 60.8. The Hall–Kier alpha value is -6.98. The number of likely N-dealkylation sites (tertiary alicyclic amines) is 1. The highest BCUT2D eigenvalue weighted by molar-refractivity contribution is 5.95. The molecule has 2 saturated heterocycles. The first-order chi connectivity index (χ1) is 33.5. The van der Waals surface area contributed by atoms with Crippen LogP contribution in [0.5, 0.6) is 11.5 Å². The van der Waals surface area contributed by atoms with Crippen LogP contribution in [0.2, 0.25) is 0 Å². The molecule has 0 radical (unpaired) electrons. The van der Waals surface area contributed by atoms with Crippen LogP contribution in [0.3, 0.4) is 0 Å². The van der Waals surface area contributed by atoms with Gasteiger partial charge in [0.05, 0.1) is 11.0 Å². The first-order valence-electron chi connectivity index (χ1n) is 23.5. The van der Waals surface area contributed by atoms with Gasteiger partial charge in [0.25, 0.3) is 11.8 Å². The number of nitrogens with one attached hydrogen (secondary N) is 5. The normalized spacial score (nSPS) is 15.3. The maximum atomic E-state index is 12.9. The lowest BCUT2D eigenvalue weighted by Crippen LogP contribution is -2.46. The van der Waals surface area contributed by atoms with Gasteiger partial charge in [-0.1, -0.05) is 36.4 Å². The molecule has 16 heteroatoms. The number of hydrogen-bond donors (Lipinski definition) is 7. The summed E-state index contributed by atoms with van der Waals surface area (Å²) >= 11 is 0. The van der Waals surface area contributed by atoms with E-state index in [9.17, 15) is 19.2 Å². The zero-order valence-electron chi connectivity index (χ0n) is 39.4. The molecule has 2 fully saturated rings. The van der Waals surface area contributed by atoms with E-state index in [-0.39, 0.29) is 48.6 Å². The molecule has 362 valence electrons. The Labute approximate surface area is 402 Å². The highest BCUT2D eigenvalue weighted by Crippen LogP contribution is 2.26. The maximum Gasteiger partial charge on any atom is 0.251 e. The standard InChI is InChI=1S/C27H32N4O4.C26H30N4O4/c1-18-15-21(23-5-3-4-6-24(23)28-18)17-35-22-9-7-20(8-10-22)27(33)29-25(16-26(32)30-34)19-11-13-31(2)14-12-19;1-17-14-20(22-4-2-3-5-23(22)28-17)16-34-21-8-6-19(7-9-21)26(32)29-24(15-25(31)30-33)18-10-12-27-13-11-18/h3-10,15,19,25,34H,11-14,16-17H2,1-2H3,(H,29,33)(H,30,32);2-9,14,18,24,27,33H,10-13,15-16H2,1H3,(H,29,32)(H,30,31). The average Bonchev–Trinajstić information content (AvgIpc) is 3.37. The molecule has 6 aromatic rings.